The van der Waals surface area contributed by atoms with Gasteiger partial charge in [0.2, 0.25) is 0 Å². The summed E-state index contributed by atoms with van der Waals surface area (Å²) in [4.78, 5) is 28.9. The van der Waals surface area contributed by atoms with E-state index in [-0.39, 0.29) is 11.8 Å². The van der Waals surface area contributed by atoms with E-state index in [4.69, 9.17) is 0 Å². The van der Waals surface area contributed by atoms with E-state index in [9.17, 15) is 9.59 Å². The Morgan fingerprint density at radius 1 is 0.923 bits per heavy atom. The predicted octanol–water partition coefficient (Wildman–Crippen LogP) is 2.88. The van der Waals surface area contributed by atoms with Gasteiger partial charge < -0.3 is 4.90 Å². The third-order valence-electron chi connectivity index (χ3n) is 5.68. The second-order valence-corrected chi connectivity index (χ2v) is 7.26. The molecule has 2 aliphatic rings. The minimum atomic E-state index is -0.660. The number of nitrogens with one attached hydrogen (secondary N) is 1. The Balaban J connectivity index is 1.73. The number of imide groups is 1. The molecule has 5 nitrogen and oxygen atoms in total. The van der Waals surface area contributed by atoms with Gasteiger partial charge in [-0.2, -0.15) is 5.01 Å². The fraction of sp³-hybridized carbons (Fsp3) is 0.333. The van der Waals surface area contributed by atoms with Crippen LogP contribution in [0, 0.1) is 5.41 Å². The molecule has 1 spiro atoms. The van der Waals surface area contributed by atoms with Gasteiger partial charge in [0.1, 0.15) is 0 Å². The highest BCUT2D eigenvalue weighted by atomic mass is 16.2. The maximum Gasteiger partial charge on any atom is 0.256 e. The number of para-hydroxylation sites is 1. The van der Waals surface area contributed by atoms with Crippen LogP contribution in [0.4, 0.5) is 5.69 Å². The van der Waals surface area contributed by atoms with Crippen LogP contribution < -0.4 is 5.43 Å². The zero-order valence-corrected chi connectivity index (χ0v) is 14.9. The van der Waals surface area contributed by atoms with Crippen molar-refractivity contribution in [3.63, 3.8) is 0 Å². The van der Waals surface area contributed by atoms with Crippen molar-refractivity contribution in [1.82, 2.24) is 9.91 Å². The lowest BCUT2D eigenvalue weighted by molar-refractivity contribution is -0.140. The molecule has 2 aromatic carbocycles. The number of hydrogen-bond donors (Lipinski definition) is 1. The molecule has 0 radical (unpaired) electrons. The molecule has 26 heavy (non-hydrogen) atoms. The Kier molecular flexibility index (Phi) is 4.24. The van der Waals surface area contributed by atoms with Gasteiger partial charge in [-0.15, -0.1) is 0 Å². The van der Waals surface area contributed by atoms with E-state index >= 15 is 0 Å². The van der Waals surface area contributed by atoms with Gasteiger partial charge in [0.05, 0.1) is 17.0 Å². The molecule has 2 fully saturated rings. The van der Waals surface area contributed by atoms with E-state index in [1.165, 1.54) is 5.01 Å². The largest absolute Gasteiger partial charge is 0.306 e. The van der Waals surface area contributed by atoms with Gasteiger partial charge >= 0.3 is 0 Å². The normalized spacial score (nSPS) is 22.8. The average molecular weight is 349 g/mol. The molecule has 4 rings (SSSR count). The maximum absolute atomic E-state index is 13.4. The number of hydrogen-bond acceptors (Lipinski definition) is 4. The van der Waals surface area contributed by atoms with E-state index in [0.29, 0.717) is 12.8 Å². The quantitative estimate of drug-likeness (QED) is 0.866. The Morgan fingerprint density at radius 3 is 2.12 bits per heavy atom. The maximum atomic E-state index is 13.4. The Hall–Kier alpha value is -2.66. The van der Waals surface area contributed by atoms with E-state index in [1.54, 1.807) is 0 Å². The summed E-state index contributed by atoms with van der Waals surface area (Å²) < 4.78 is 0. The van der Waals surface area contributed by atoms with E-state index in [0.717, 1.165) is 24.3 Å². The SMILES string of the molecule is CN1CCC2(CC1)C(=O)N(Nc1ccccc1)C(=O)[C@H]2c1ccccc1. The van der Waals surface area contributed by atoms with Crippen LogP contribution in [0.2, 0.25) is 0 Å². The number of piperidine rings is 1. The van der Waals surface area contributed by atoms with Crippen molar-refractivity contribution in [3.8, 4) is 0 Å². The number of amides is 2. The molecule has 0 bridgehead atoms. The smallest absolute Gasteiger partial charge is 0.256 e. The molecule has 0 saturated carbocycles. The van der Waals surface area contributed by atoms with E-state index in [1.807, 2.05) is 60.7 Å². The van der Waals surface area contributed by atoms with Crippen molar-refractivity contribution in [2.45, 2.75) is 18.8 Å². The number of carbonyl (C=O) groups is 2. The van der Waals surface area contributed by atoms with Gasteiger partial charge in [-0.05, 0) is 50.7 Å². The Bertz CT molecular complexity index is 799. The van der Waals surface area contributed by atoms with Crippen LogP contribution in [-0.4, -0.2) is 41.9 Å². The summed E-state index contributed by atoms with van der Waals surface area (Å²) in [6, 6.07) is 19.1. The highest BCUT2D eigenvalue weighted by Gasteiger charge is 2.60. The summed E-state index contributed by atoms with van der Waals surface area (Å²) in [5.41, 5.74) is 4.05. The first-order valence-electron chi connectivity index (χ1n) is 9.05. The number of anilines is 1. The van der Waals surface area contributed by atoms with Gasteiger partial charge in [-0.1, -0.05) is 48.5 Å². The summed E-state index contributed by atoms with van der Waals surface area (Å²) in [7, 11) is 2.06. The van der Waals surface area contributed by atoms with Crippen LogP contribution in [0.3, 0.4) is 0 Å². The van der Waals surface area contributed by atoms with Gasteiger partial charge in [0.15, 0.2) is 0 Å². The summed E-state index contributed by atoms with van der Waals surface area (Å²) in [5.74, 6) is -0.691. The van der Waals surface area contributed by atoms with Gasteiger partial charge in [0.25, 0.3) is 11.8 Å². The predicted molar refractivity (Wildman–Crippen MR) is 100 cm³/mol. The van der Waals surface area contributed by atoms with Crippen LogP contribution in [0.15, 0.2) is 60.7 Å². The first kappa shape index (κ1) is 16.8. The monoisotopic (exact) mass is 349 g/mol. The lowest BCUT2D eigenvalue weighted by Gasteiger charge is -2.38. The lowest BCUT2D eigenvalue weighted by Crippen LogP contribution is -2.46. The van der Waals surface area contributed by atoms with Crippen molar-refractivity contribution in [2.24, 2.45) is 5.41 Å². The van der Waals surface area contributed by atoms with E-state index < -0.39 is 11.3 Å². The van der Waals surface area contributed by atoms with Crippen molar-refractivity contribution >= 4 is 17.5 Å². The minimum Gasteiger partial charge on any atom is -0.306 e. The second kappa shape index (κ2) is 6.57. The summed E-state index contributed by atoms with van der Waals surface area (Å²) in [6.45, 7) is 1.64. The summed E-state index contributed by atoms with van der Waals surface area (Å²) in [5, 5.41) is 1.25. The van der Waals surface area contributed by atoms with Gasteiger partial charge in [0, 0.05) is 0 Å². The van der Waals surface area contributed by atoms with Crippen LogP contribution in [0.1, 0.15) is 24.3 Å². The lowest BCUT2D eigenvalue weighted by atomic mass is 9.67. The number of rotatable bonds is 3. The third-order valence-corrected chi connectivity index (χ3v) is 5.68. The fourth-order valence-corrected chi connectivity index (χ4v) is 4.19. The van der Waals surface area contributed by atoms with Crippen LogP contribution in [0.25, 0.3) is 0 Å². The fourth-order valence-electron chi connectivity index (χ4n) is 4.19. The number of hydrazine groups is 1. The van der Waals surface area contributed by atoms with Gasteiger partial charge in [-0.3, -0.25) is 15.0 Å². The summed E-state index contributed by atoms with van der Waals surface area (Å²) >= 11 is 0. The highest BCUT2D eigenvalue weighted by molar-refractivity contribution is 6.11. The van der Waals surface area contributed by atoms with Crippen LogP contribution in [0.5, 0.6) is 0 Å². The molecule has 2 heterocycles. The summed E-state index contributed by atoms with van der Waals surface area (Å²) in [6.07, 6.45) is 1.39. The zero-order valence-electron chi connectivity index (χ0n) is 14.9. The molecule has 0 aliphatic carbocycles. The number of likely N-dealkylation sites (tertiary alicyclic amines) is 1. The van der Waals surface area contributed by atoms with Crippen LogP contribution in [-0.2, 0) is 9.59 Å². The molecule has 2 aromatic rings. The molecule has 0 unspecified atom stereocenters. The number of nitrogens with zero attached hydrogens (tertiary/aromatic N) is 2. The molecular weight excluding hydrogens is 326 g/mol. The topological polar surface area (TPSA) is 52.7 Å². The molecule has 5 heteroatoms. The molecule has 134 valence electrons. The van der Waals surface area contributed by atoms with Crippen molar-refractivity contribution in [1.29, 1.82) is 0 Å². The molecule has 1 atom stereocenters. The van der Waals surface area contributed by atoms with E-state index in [2.05, 4.69) is 17.4 Å². The number of carbonyl (C=O) groups excluding carboxylic acids is 2. The number of benzene rings is 2. The minimum absolute atomic E-state index is 0.103. The van der Waals surface area contributed by atoms with Crippen molar-refractivity contribution < 1.29 is 9.59 Å². The van der Waals surface area contributed by atoms with Gasteiger partial charge in [-0.25, -0.2) is 0 Å². The second-order valence-electron chi connectivity index (χ2n) is 7.26. The van der Waals surface area contributed by atoms with Crippen LogP contribution >= 0.6 is 0 Å². The molecule has 2 saturated heterocycles. The molecule has 2 amide bonds. The average Bonchev–Trinajstić information content (AvgIpc) is 2.87. The Morgan fingerprint density at radius 2 is 1.50 bits per heavy atom. The molecular formula is C21H23N3O2. The molecule has 2 aliphatic heterocycles. The third kappa shape index (κ3) is 2.69. The van der Waals surface area contributed by atoms with Crippen molar-refractivity contribution in [3.05, 3.63) is 66.2 Å². The first-order chi connectivity index (χ1) is 12.6. The molecule has 0 aromatic heterocycles. The first-order valence-corrected chi connectivity index (χ1v) is 9.05. The Labute approximate surface area is 153 Å². The highest BCUT2D eigenvalue weighted by Crippen LogP contribution is 2.51. The van der Waals surface area contributed by atoms with Crippen molar-refractivity contribution in [2.75, 3.05) is 25.6 Å². The zero-order chi connectivity index (χ0) is 18.1. The standard InChI is InChI=1S/C21H23N3O2/c1-23-14-12-21(13-15-23)18(16-8-4-2-5-9-16)19(25)24(20(21)26)22-17-10-6-3-7-11-17/h2-11,18,22H,12-15H2,1H3/t18-/m1/s1. The molecule has 1 N–H and O–H groups in total.